The average Bonchev–Trinajstić information content (AvgIpc) is 2.13. The number of benzene rings is 1. The minimum atomic E-state index is -0.0536. The summed E-state index contributed by atoms with van der Waals surface area (Å²) in [5.74, 6) is 0.451. The number of rotatable bonds is 1. The van der Waals surface area contributed by atoms with E-state index < -0.39 is 0 Å². The first-order valence-corrected chi connectivity index (χ1v) is 7.38. The topological polar surface area (TPSA) is 20.2 Å². The first-order chi connectivity index (χ1) is 7.94. The van der Waals surface area contributed by atoms with Crippen LogP contribution >= 0.6 is 15.9 Å². The summed E-state index contributed by atoms with van der Waals surface area (Å²) in [7, 11) is 0. The second kappa shape index (κ2) is 4.88. The SMILES string of the molecule is CC(Br)c1cc(C(C)(C)C)c(O)c(C(C)(C)C)c1. The van der Waals surface area contributed by atoms with Gasteiger partial charge in [-0.1, -0.05) is 69.6 Å². The fourth-order valence-electron chi connectivity index (χ4n) is 2.03. The zero-order valence-corrected chi connectivity index (χ0v) is 14.1. The van der Waals surface area contributed by atoms with Crippen molar-refractivity contribution in [3.63, 3.8) is 0 Å². The smallest absolute Gasteiger partial charge is 0.123 e. The van der Waals surface area contributed by atoms with E-state index in [1.807, 2.05) is 0 Å². The molecule has 0 saturated heterocycles. The Bertz CT molecular complexity index is 398. The summed E-state index contributed by atoms with van der Waals surface area (Å²) in [6.45, 7) is 14.9. The molecule has 0 spiro atoms. The van der Waals surface area contributed by atoms with Crippen LogP contribution in [0.5, 0.6) is 5.75 Å². The highest BCUT2D eigenvalue weighted by molar-refractivity contribution is 9.09. The minimum absolute atomic E-state index is 0.0536. The average molecular weight is 313 g/mol. The van der Waals surface area contributed by atoms with Crippen LogP contribution in [-0.2, 0) is 10.8 Å². The molecular weight excluding hydrogens is 288 g/mol. The molecule has 0 amide bonds. The summed E-state index contributed by atoms with van der Waals surface area (Å²) >= 11 is 3.63. The molecule has 0 aliphatic rings. The largest absolute Gasteiger partial charge is 0.507 e. The first kappa shape index (κ1) is 15.6. The van der Waals surface area contributed by atoms with E-state index in [1.165, 1.54) is 5.56 Å². The fourth-order valence-corrected chi connectivity index (χ4v) is 2.29. The van der Waals surface area contributed by atoms with Crippen LogP contribution in [0.4, 0.5) is 0 Å². The molecule has 0 bridgehead atoms. The summed E-state index contributed by atoms with van der Waals surface area (Å²) in [5.41, 5.74) is 3.17. The maximum atomic E-state index is 10.6. The second-order valence-electron chi connectivity index (χ2n) is 7.08. The number of halogens is 1. The molecule has 0 fully saturated rings. The van der Waals surface area contributed by atoms with Crippen LogP contribution in [0.2, 0.25) is 0 Å². The lowest BCUT2D eigenvalue weighted by Crippen LogP contribution is -2.18. The van der Waals surface area contributed by atoms with Crippen molar-refractivity contribution in [2.45, 2.75) is 64.1 Å². The molecule has 1 aromatic carbocycles. The van der Waals surface area contributed by atoms with Gasteiger partial charge in [0, 0.05) is 4.83 Å². The van der Waals surface area contributed by atoms with Gasteiger partial charge in [0.05, 0.1) is 0 Å². The third kappa shape index (κ3) is 3.28. The van der Waals surface area contributed by atoms with Gasteiger partial charge in [-0.25, -0.2) is 0 Å². The Morgan fingerprint density at radius 2 is 1.28 bits per heavy atom. The Kier molecular flexibility index (Phi) is 4.22. The number of phenolic OH excluding ortho intramolecular Hbond substituents is 1. The van der Waals surface area contributed by atoms with Gasteiger partial charge in [-0.3, -0.25) is 0 Å². The van der Waals surface area contributed by atoms with Crippen LogP contribution in [0.25, 0.3) is 0 Å². The summed E-state index contributed by atoms with van der Waals surface area (Å²) in [4.78, 5) is 0.292. The highest BCUT2D eigenvalue weighted by atomic mass is 79.9. The molecule has 18 heavy (non-hydrogen) atoms. The first-order valence-electron chi connectivity index (χ1n) is 6.46. The van der Waals surface area contributed by atoms with E-state index in [2.05, 4.69) is 76.5 Å². The van der Waals surface area contributed by atoms with E-state index in [9.17, 15) is 5.11 Å². The van der Waals surface area contributed by atoms with E-state index in [0.717, 1.165) is 11.1 Å². The molecule has 1 unspecified atom stereocenters. The van der Waals surface area contributed by atoms with Crippen molar-refractivity contribution in [3.8, 4) is 5.75 Å². The summed E-state index contributed by atoms with van der Waals surface area (Å²) in [5, 5.41) is 10.6. The lowest BCUT2D eigenvalue weighted by Gasteiger charge is -2.28. The third-order valence-corrected chi connectivity index (χ3v) is 3.74. The predicted octanol–water partition coefficient (Wildman–Crippen LogP) is 5.44. The third-order valence-electron chi connectivity index (χ3n) is 3.21. The van der Waals surface area contributed by atoms with Gasteiger partial charge >= 0.3 is 0 Å². The zero-order valence-electron chi connectivity index (χ0n) is 12.6. The van der Waals surface area contributed by atoms with Crippen molar-refractivity contribution in [1.82, 2.24) is 0 Å². The van der Waals surface area contributed by atoms with Gasteiger partial charge in [0.15, 0.2) is 0 Å². The van der Waals surface area contributed by atoms with E-state index in [0.29, 0.717) is 10.6 Å². The second-order valence-corrected chi connectivity index (χ2v) is 8.45. The molecule has 0 saturated carbocycles. The highest BCUT2D eigenvalue weighted by Crippen LogP contribution is 2.41. The number of aromatic hydroxyl groups is 1. The van der Waals surface area contributed by atoms with Crippen molar-refractivity contribution in [3.05, 3.63) is 28.8 Å². The molecule has 0 aromatic heterocycles. The van der Waals surface area contributed by atoms with Crippen LogP contribution in [0.1, 0.15) is 70.0 Å². The molecule has 1 atom stereocenters. The number of phenols is 1. The van der Waals surface area contributed by atoms with Gasteiger partial charge in [0.25, 0.3) is 0 Å². The molecule has 0 aliphatic carbocycles. The van der Waals surface area contributed by atoms with Gasteiger partial charge in [-0.2, -0.15) is 0 Å². The number of hydrogen-bond donors (Lipinski definition) is 1. The monoisotopic (exact) mass is 312 g/mol. The van der Waals surface area contributed by atoms with Gasteiger partial charge in [-0.15, -0.1) is 0 Å². The van der Waals surface area contributed by atoms with Gasteiger partial charge in [0.1, 0.15) is 5.75 Å². The maximum Gasteiger partial charge on any atom is 0.123 e. The molecule has 0 heterocycles. The molecule has 0 radical (unpaired) electrons. The van der Waals surface area contributed by atoms with E-state index in [1.54, 1.807) is 0 Å². The van der Waals surface area contributed by atoms with Gasteiger partial charge in [0.2, 0.25) is 0 Å². The van der Waals surface area contributed by atoms with Crippen molar-refractivity contribution < 1.29 is 5.11 Å². The van der Waals surface area contributed by atoms with Crippen molar-refractivity contribution >= 4 is 15.9 Å². The molecular formula is C16H25BrO. The van der Waals surface area contributed by atoms with Crippen LogP contribution in [0.3, 0.4) is 0 Å². The number of alkyl halides is 1. The minimum Gasteiger partial charge on any atom is -0.507 e. The molecule has 0 aliphatic heterocycles. The predicted molar refractivity (Wildman–Crippen MR) is 82.8 cm³/mol. The molecule has 1 rings (SSSR count). The van der Waals surface area contributed by atoms with Gasteiger partial charge < -0.3 is 5.11 Å². The zero-order chi connectivity index (χ0) is 14.3. The standard InChI is InChI=1S/C16H25BrO/c1-10(17)11-8-12(15(2,3)4)14(18)13(9-11)16(5,6)7/h8-10,18H,1-7H3. The van der Waals surface area contributed by atoms with Crippen LogP contribution in [0, 0.1) is 0 Å². The maximum absolute atomic E-state index is 10.6. The van der Waals surface area contributed by atoms with Crippen LogP contribution < -0.4 is 0 Å². The fraction of sp³-hybridized carbons (Fsp3) is 0.625. The lowest BCUT2D eigenvalue weighted by atomic mass is 9.78. The Hall–Kier alpha value is -0.500. The van der Waals surface area contributed by atoms with Crippen LogP contribution in [-0.4, -0.2) is 5.11 Å². The van der Waals surface area contributed by atoms with Crippen molar-refractivity contribution in [2.75, 3.05) is 0 Å². The number of hydrogen-bond acceptors (Lipinski definition) is 1. The van der Waals surface area contributed by atoms with Gasteiger partial charge in [-0.05, 0) is 34.4 Å². The molecule has 1 N–H and O–H groups in total. The van der Waals surface area contributed by atoms with E-state index in [4.69, 9.17) is 0 Å². The Morgan fingerprint density at radius 3 is 1.50 bits per heavy atom. The quantitative estimate of drug-likeness (QED) is 0.684. The Labute approximate surface area is 120 Å². The molecule has 2 heteroatoms. The summed E-state index contributed by atoms with van der Waals surface area (Å²) < 4.78 is 0. The van der Waals surface area contributed by atoms with Crippen molar-refractivity contribution in [1.29, 1.82) is 0 Å². The van der Waals surface area contributed by atoms with E-state index in [-0.39, 0.29) is 10.8 Å². The lowest BCUT2D eigenvalue weighted by molar-refractivity contribution is 0.422. The normalized spacial score (nSPS) is 14.7. The van der Waals surface area contributed by atoms with Crippen LogP contribution in [0.15, 0.2) is 12.1 Å². The Balaban J connectivity index is 3.59. The summed E-state index contributed by atoms with van der Waals surface area (Å²) in [6.07, 6.45) is 0. The molecule has 102 valence electrons. The van der Waals surface area contributed by atoms with Crippen molar-refractivity contribution in [2.24, 2.45) is 0 Å². The van der Waals surface area contributed by atoms with E-state index >= 15 is 0 Å². The Morgan fingerprint density at radius 1 is 0.944 bits per heavy atom. The molecule has 1 aromatic rings. The highest BCUT2D eigenvalue weighted by Gasteiger charge is 2.26. The summed E-state index contributed by atoms with van der Waals surface area (Å²) in [6, 6.07) is 4.23. The molecule has 1 nitrogen and oxygen atoms in total.